The summed E-state index contributed by atoms with van der Waals surface area (Å²) >= 11 is 0. The van der Waals surface area contributed by atoms with Crippen molar-refractivity contribution in [2.75, 3.05) is 20.1 Å². The van der Waals surface area contributed by atoms with Crippen LogP contribution in [0.1, 0.15) is 50.4 Å². The van der Waals surface area contributed by atoms with Crippen LogP contribution in [0.3, 0.4) is 0 Å². The first-order valence-electron chi connectivity index (χ1n) is 7.95. The normalized spacial score (nSPS) is 25.1. The Labute approximate surface area is 123 Å². The predicted octanol–water partition coefficient (Wildman–Crippen LogP) is 2.50. The Hall–Kier alpha value is -0.870. The quantitative estimate of drug-likeness (QED) is 0.918. The molecular weight excluding hydrogens is 248 g/mol. The standard InChI is InChI=1S/C16H30N4/c1-12(2)20-9-7-6-8-14(10-17-4)16(20)15-11-18-19(5)13(15)3/h11-12,14,16-17H,6-10H2,1-5H3. The van der Waals surface area contributed by atoms with Crippen LogP contribution in [-0.4, -0.2) is 40.9 Å². The number of aromatic nitrogens is 2. The van der Waals surface area contributed by atoms with Gasteiger partial charge in [-0.2, -0.15) is 5.10 Å². The number of hydrogen-bond donors (Lipinski definition) is 1. The van der Waals surface area contributed by atoms with Crippen LogP contribution >= 0.6 is 0 Å². The predicted molar refractivity (Wildman–Crippen MR) is 83.8 cm³/mol. The van der Waals surface area contributed by atoms with E-state index in [1.54, 1.807) is 0 Å². The highest BCUT2D eigenvalue weighted by Crippen LogP contribution is 2.37. The molecular formula is C16H30N4. The molecule has 0 aromatic carbocycles. The van der Waals surface area contributed by atoms with E-state index in [0.29, 0.717) is 18.0 Å². The van der Waals surface area contributed by atoms with Crippen molar-refractivity contribution < 1.29 is 0 Å². The van der Waals surface area contributed by atoms with Gasteiger partial charge in [0.2, 0.25) is 0 Å². The molecule has 2 heterocycles. The molecule has 1 N–H and O–H groups in total. The average molecular weight is 278 g/mol. The fraction of sp³-hybridized carbons (Fsp3) is 0.812. The molecule has 1 aliphatic rings. The molecule has 1 aliphatic heterocycles. The zero-order chi connectivity index (χ0) is 14.7. The van der Waals surface area contributed by atoms with Crippen LogP contribution in [0.25, 0.3) is 0 Å². The molecule has 1 aromatic rings. The van der Waals surface area contributed by atoms with Gasteiger partial charge >= 0.3 is 0 Å². The van der Waals surface area contributed by atoms with E-state index in [-0.39, 0.29) is 0 Å². The maximum atomic E-state index is 4.48. The number of likely N-dealkylation sites (tertiary alicyclic amines) is 1. The van der Waals surface area contributed by atoms with E-state index < -0.39 is 0 Å². The third-order valence-corrected chi connectivity index (χ3v) is 4.77. The molecule has 114 valence electrons. The van der Waals surface area contributed by atoms with E-state index in [1.165, 1.54) is 37.1 Å². The molecule has 0 aliphatic carbocycles. The number of hydrogen-bond acceptors (Lipinski definition) is 3. The number of nitrogens with one attached hydrogen (secondary N) is 1. The minimum Gasteiger partial charge on any atom is -0.319 e. The van der Waals surface area contributed by atoms with Gasteiger partial charge in [0.15, 0.2) is 0 Å². The van der Waals surface area contributed by atoms with Crippen molar-refractivity contribution in [3.8, 4) is 0 Å². The van der Waals surface area contributed by atoms with Crippen LogP contribution < -0.4 is 5.32 Å². The van der Waals surface area contributed by atoms with Crippen molar-refractivity contribution in [2.24, 2.45) is 13.0 Å². The monoisotopic (exact) mass is 278 g/mol. The Morgan fingerprint density at radius 3 is 2.70 bits per heavy atom. The summed E-state index contributed by atoms with van der Waals surface area (Å²) in [7, 11) is 4.11. The van der Waals surface area contributed by atoms with E-state index in [1.807, 2.05) is 11.7 Å². The molecule has 4 nitrogen and oxygen atoms in total. The maximum Gasteiger partial charge on any atom is 0.0540 e. The molecule has 0 bridgehead atoms. The molecule has 4 heteroatoms. The van der Waals surface area contributed by atoms with Crippen LogP contribution in [0.2, 0.25) is 0 Å². The van der Waals surface area contributed by atoms with Crippen molar-refractivity contribution in [2.45, 2.75) is 52.1 Å². The lowest BCUT2D eigenvalue weighted by atomic mass is 9.88. The van der Waals surface area contributed by atoms with Crippen LogP contribution in [0, 0.1) is 12.8 Å². The lowest BCUT2D eigenvalue weighted by Gasteiger charge is -2.38. The Balaban J connectivity index is 2.39. The molecule has 0 saturated carbocycles. The molecule has 2 unspecified atom stereocenters. The van der Waals surface area contributed by atoms with Gasteiger partial charge in [0.05, 0.1) is 6.20 Å². The largest absolute Gasteiger partial charge is 0.319 e. The lowest BCUT2D eigenvalue weighted by molar-refractivity contribution is 0.118. The van der Waals surface area contributed by atoms with Gasteiger partial charge in [-0.25, -0.2) is 0 Å². The van der Waals surface area contributed by atoms with E-state index in [0.717, 1.165) is 6.54 Å². The first kappa shape index (κ1) is 15.5. The van der Waals surface area contributed by atoms with Gasteiger partial charge in [-0.1, -0.05) is 6.42 Å². The molecule has 0 radical (unpaired) electrons. The Morgan fingerprint density at radius 1 is 1.40 bits per heavy atom. The molecule has 2 rings (SSSR count). The van der Waals surface area contributed by atoms with Gasteiger partial charge in [0.1, 0.15) is 0 Å². The summed E-state index contributed by atoms with van der Waals surface area (Å²) in [6.45, 7) is 9.13. The molecule has 20 heavy (non-hydrogen) atoms. The summed E-state index contributed by atoms with van der Waals surface area (Å²) in [4.78, 5) is 2.68. The van der Waals surface area contributed by atoms with Crippen LogP contribution in [0.4, 0.5) is 0 Å². The van der Waals surface area contributed by atoms with E-state index in [9.17, 15) is 0 Å². The van der Waals surface area contributed by atoms with Crippen LogP contribution in [0.5, 0.6) is 0 Å². The summed E-state index contributed by atoms with van der Waals surface area (Å²) in [5.41, 5.74) is 2.73. The van der Waals surface area contributed by atoms with Gasteiger partial charge in [0.25, 0.3) is 0 Å². The van der Waals surface area contributed by atoms with Crippen LogP contribution in [0.15, 0.2) is 6.20 Å². The highest BCUT2D eigenvalue weighted by Gasteiger charge is 2.33. The molecule has 1 fully saturated rings. The SMILES string of the molecule is CNCC1CCCCN(C(C)C)C1c1cnn(C)c1C. The van der Waals surface area contributed by atoms with Gasteiger partial charge in [0, 0.05) is 30.4 Å². The second kappa shape index (κ2) is 6.72. The van der Waals surface area contributed by atoms with Gasteiger partial charge in [-0.3, -0.25) is 9.58 Å². The van der Waals surface area contributed by atoms with Crippen molar-refractivity contribution in [1.29, 1.82) is 0 Å². The highest BCUT2D eigenvalue weighted by molar-refractivity contribution is 5.22. The second-order valence-corrected chi connectivity index (χ2v) is 6.40. The summed E-state index contributed by atoms with van der Waals surface area (Å²) in [5, 5.41) is 7.88. The van der Waals surface area contributed by atoms with Crippen LogP contribution in [-0.2, 0) is 7.05 Å². The van der Waals surface area contributed by atoms with Gasteiger partial charge in [-0.15, -0.1) is 0 Å². The number of nitrogens with zero attached hydrogens (tertiary/aromatic N) is 3. The minimum atomic E-state index is 0.499. The lowest BCUT2D eigenvalue weighted by Crippen LogP contribution is -2.40. The Bertz CT molecular complexity index is 424. The van der Waals surface area contributed by atoms with E-state index in [4.69, 9.17) is 0 Å². The fourth-order valence-electron chi connectivity index (χ4n) is 3.56. The molecule has 1 saturated heterocycles. The third kappa shape index (κ3) is 3.07. The zero-order valence-electron chi connectivity index (χ0n) is 13.7. The summed E-state index contributed by atoms with van der Waals surface area (Å²) < 4.78 is 2.01. The highest BCUT2D eigenvalue weighted by atomic mass is 15.3. The topological polar surface area (TPSA) is 33.1 Å². The molecule has 1 aromatic heterocycles. The van der Waals surface area contributed by atoms with Gasteiger partial charge in [-0.05, 0) is 59.7 Å². The first-order valence-corrected chi connectivity index (χ1v) is 7.95. The Morgan fingerprint density at radius 2 is 2.15 bits per heavy atom. The van der Waals surface area contributed by atoms with Crippen molar-refractivity contribution in [3.05, 3.63) is 17.5 Å². The van der Waals surface area contributed by atoms with E-state index >= 15 is 0 Å². The molecule has 0 spiro atoms. The third-order valence-electron chi connectivity index (χ3n) is 4.77. The molecule has 0 amide bonds. The van der Waals surface area contributed by atoms with Crippen molar-refractivity contribution in [1.82, 2.24) is 20.0 Å². The summed E-state index contributed by atoms with van der Waals surface area (Å²) in [6, 6.07) is 1.08. The fourth-order valence-corrected chi connectivity index (χ4v) is 3.56. The van der Waals surface area contributed by atoms with E-state index in [2.05, 4.69) is 49.3 Å². The minimum absolute atomic E-state index is 0.499. The summed E-state index contributed by atoms with van der Waals surface area (Å²) in [6.07, 6.45) is 6.05. The maximum absolute atomic E-state index is 4.48. The number of rotatable bonds is 4. The first-order chi connectivity index (χ1) is 9.56. The van der Waals surface area contributed by atoms with Crippen molar-refractivity contribution >= 4 is 0 Å². The zero-order valence-corrected chi connectivity index (χ0v) is 13.7. The Kier molecular flexibility index (Phi) is 5.22. The number of aryl methyl sites for hydroxylation is 1. The molecule has 2 atom stereocenters. The van der Waals surface area contributed by atoms with Crippen molar-refractivity contribution in [3.63, 3.8) is 0 Å². The smallest absolute Gasteiger partial charge is 0.0540 e. The average Bonchev–Trinajstić information content (AvgIpc) is 2.64. The second-order valence-electron chi connectivity index (χ2n) is 6.40. The summed E-state index contributed by atoms with van der Waals surface area (Å²) in [5.74, 6) is 0.674. The van der Waals surface area contributed by atoms with Gasteiger partial charge < -0.3 is 5.32 Å².